The normalized spacial score (nSPS) is 18.3. The highest BCUT2D eigenvalue weighted by molar-refractivity contribution is 5.40. The Hall–Kier alpha value is -2.21. The number of nitrogens with zero attached hydrogens (tertiary/aromatic N) is 3. The Morgan fingerprint density at radius 1 is 1.29 bits per heavy atom. The van der Waals surface area contributed by atoms with Gasteiger partial charge < -0.3 is 15.5 Å². The molecule has 2 N–H and O–H groups in total. The van der Waals surface area contributed by atoms with Crippen LogP contribution in [0.2, 0.25) is 0 Å². The Kier molecular flexibility index (Phi) is 5.59. The third kappa shape index (κ3) is 4.41. The lowest BCUT2D eigenvalue weighted by molar-refractivity contribution is 0.218. The van der Waals surface area contributed by atoms with E-state index in [4.69, 9.17) is 0 Å². The van der Waals surface area contributed by atoms with E-state index in [9.17, 15) is 4.39 Å². The molecule has 1 aromatic carbocycles. The van der Waals surface area contributed by atoms with E-state index in [1.807, 2.05) is 6.07 Å². The zero-order valence-electron chi connectivity index (χ0n) is 14.0. The summed E-state index contributed by atoms with van der Waals surface area (Å²) in [4.78, 5) is 10.7. The average Bonchev–Trinajstić information content (AvgIpc) is 2.63. The molecule has 0 bridgehead atoms. The third-order valence-corrected chi connectivity index (χ3v) is 4.38. The van der Waals surface area contributed by atoms with Crippen LogP contribution in [0.5, 0.6) is 0 Å². The first-order valence-corrected chi connectivity index (χ1v) is 8.47. The number of halogens is 1. The molecule has 2 heterocycles. The minimum atomic E-state index is -0.434. The Morgan fingerprint density at radius 2 is 2.12 bits per heavy atom. The molecule has 1 aromatic heterocycles. The average molecular weight is 329 g/mol. The summed E-state index contributed by atoms with van der Waals surface area (Å²) in [5.41, 5.74) is 1.37. The second kappa shape index (κ2) is 8.06. The number of benzene rings is 1. The van der Waals surface area contributed by atoms with E-state index in [-0.39, 0.29) is 5.82 Å². The molecule has 3 rings (SSSR count). The van der Waals surface area contributed by atoms with Gasteiger partial charge in [-0.1, -0.05) is 30.3 Å². The number of rotatable bonds is 6. The molecule has 1 aliphatic rings. The Morgan fingerprint density at radius 3 is 2.92 bits per heavy atom. The standard InChI is InChI=1S/C18H24FN5/c1-20-17-16(19)12-21-18(23-17)22-15-8-5-10-24(13-15)11-9-14-6-3-2-4-7-14/h2-4,6-7,12,15H,5,8-11,13H2,1H3,(H2,20,21,22,23)/t15-/m0/s1. The second-order valence-corrected chi connectivity index (χ2v) is 6.16. The van der Waals surface area contributed by atoms with E-state index in [2.05, 4.69) is 49.8 Å². The second-order valence-electron chi connectivity index (χ2n) is 6.16. The van der Waals surface area contributed by atoms with Crippen molar-refractivity contribution < 1.29 is 4.39 Å². The zero-order valence-corrected chi connectivity index (χ0v) is 14.0. The van der Waals surface area contributed by atoms with Gasteiger partial charge in [0.25, 0.3) is 0 Å². The lowest BCUT2D eigenvalue weighted by atomic mass is 10.0. The van der Waals surface area contributed by atoms with E-state index in [1.165, 1.54) is 11.8 Å². The van der Waals surface area contributed by atoms with Crippen molar-refractivity contribution in [2.45, 2.75) is 25.3 Å². The number of nitrogens with one attached hydrogen (secondary N) is 2. The van der Waals surface area contributed by atoms with Crippen LogP contribution in [-0.4, -0.2) is 47.6 Å². The molecular formula is C18H24FN5. The van der Waals surface area contributed by atoms with Crippen LogP contribution in [0.15, 0.2) is 36.5 Å². The van der Waals surface area contributed by atoms with Crippen LogP contribution in [0.25, 0.3) is 0 Å². The number of hydrogen-bond donors (Lipinski definition) is 2. The monoisotopic (exact) mass is 329 g/mol. The molecule has 5 nitrogen and oxygen atoms in total. The molecule has 0 radical (unpaired) electrons. The summed E-state index contributed by atoms with van der Waals surface area (Å²) < 4.78 is 13.4. The first kappa shape index (κ1) is 16.6. The summed E-state index contributed by atoms with van der Waals surface area (Å²) in [5, 5.41) is 6.08. The summed E-state index contributed by atoms with van der Waals surface area (Å²) >= 11 is 0. The molecule has 0 spiro atoms. The maximum absolute atomic E-state index is 13.4. The van der Waals surface area contributed by atoms with Gasteiger partial charge in [-0.2, -0.15) is 4.98 Å². The SMILES string of the molecule is CNc1nc(N[C@H]2CCCN(CCc3ccccc3)C2)ncc1F. The predicted molar refractivity (Wildman–Crippen MR) is 94.8 cm³/mol. The maximum Gasteiger partial charge on any atom is 0.225 e. The summed E-state index contributed by atoms with van der Waals surface area (Å²) in [6, 6.07) is 10.9. The van der Waals surface area contributed by atoms with E-state index >= 15 is 0 Å². The van der Waals surface area contributed by atoms with Crippen LogP contribution in [0, 0.1) is 5.82 Å². The molecule has 1 atom stereocenters. The molecule has 128 valence electrons. The highest BCUT2D eigenvalue weighted by atomic mass is 19.1. The molecule has 0 aliphatic carbocycles. The fourth-order valence-electron chi connectivity index (χ4n) is 3.10. The minimum absolute atomic E-state index is 0.226. The topological polar surface area (TPSA) is 53.1 Å². The predicted octanol–water partition coefficient (Wildman–Crippen LogP) is 2.78. The van der Waals surface area contributed by atoms with Crippen molar-refractivity contribution in [3.63, 3.8) is 0 Å². The molecule has 2 aromatic rings. The largest absolute Gasteiger partial charge is 0.371 e. The van der Waals surface area contributed by atoms with Crippen molar-refractivity contribution in [2.75, 3.05) is 37.3 Å². The Labute approximate surface area is 142 Å². The zero-order chi connectivity index (χ0) is 16.8. The smallest absolute Gasteiger partial charge is 0.225 e. The third-order valence-electron chi connectivity index (χ3n) is 4.38. The van der Waals surface area contributed by atoms with Gasteiger partial charge in [-0.15, -0.1) is 0 Å². The first-order chi connectivity index (χ1) is 11.7. The van der Waals surface area contributed by atoms with Crippen molar-refractivity contribution >= 4 is 11.8 Å². The van der Waals surface area contributed by atoms with Crippen LogP contribution >= 0.6 is 0 Å². The molecule has 1 saturated heterocycles. The van der Waals surface area contributed by atoms with E-state index in [1.54, 1.807) is 7.05 Å². The number of hydrogen-bond acceptors (Lipinski definition) is 5. The van der Waals surface area contributed by atoms with E-state index in [0.717, 1.165) is 38.9 Å². The summed E-state index contributed by atoms with van der Waals surface area (Å²) in [6.45, 7) is 3.13. The number of aromatic nitrogens is 2. The molecular weight excluding hydrogens is 305 g/mol. The molecule has 1 fully saturated rings. The number of anilines is 2. The molecule has 0 saturated carbocycles. The van der Waals surface area contributed by atoms with E-state index in [0.29, 0.717) is 12.0 Å². The maximum atomic E-state index is 13.4. The highest BCUT2D eigenvalue weighted by Gasteiger charge is 2.20. The summed E-state index contributed by atoms with van der Waals surface area (Å²) in [6.07, 6.45) is 4.49. The lowest BCUT2D eigenvalue weighted by Gasteiger charge is -2.33. The first-order valence-electron chi connectivity index (χ1n) is 8.47. The summed E-state index contributed by atoms with van der Waals surface area (Å²) in [5.74, 6) is 0.274. The Bertz CT molecular complexity index is 649. The number of piperidine rings is 1. The Balaban J connectivity index is 1.53. The van der Waals surface area contributed by atoms with Crippen molar-refractivity contribution in [3.8, 4) is 0 Å². The van der Waals surface area contributed by atoms with Crippen LogP contribution in [0.4, 0.5) is 16.2 Å². The van der Waals surface area contributed by atoms with Gasteiger partial charge in [0, 0.05) is 26.2 Å². The van der Waals surface area contributed by atoms with Gasteiger partial charge in [0.15, 0.2) is 11.6 Å². The lowest BCUT2D eigenvalue weighted by Crippen LogP contribution is -2.43. The van der Waals surface area contributed by atoms with Crippen LogP contribution in [0.3, 0.4) is 0 Å². The molecule has 6 heteroatoms. The van der Waals surface area contributed by atoms with Gasteiger partial charge >= 0.3 is 0 Å². The quantitative estimate of drug-likeness (QED) is 0.853. The van der Waals surface area contributed by atoms with Gasteiger partial charge in [-0.3, -0.25) is 0 Å². The highest BCUT2D eigenvalue weighted by Crippen LogP contribution is 2.16. The fraction of sp³-hybridized carbons (Fsp3) is 0.444. The minimum Gasteiger partial charge on any atom is -0.371 e. The van der Waals surface area contributed by atoms with Gasteiger partial charge in [0.05, 0.1) is 6.20 Å². The van der Waals surface area contributed by atoms with Gasteiger partial charge in [0.2, 0.25) is 5.95 Å². The van der Waals surface area contributed by atoms with Crippen LogP contribution in [0.1, 0.15) is 18.4 Å². The van der Waals surface area contributed by atoms with Crippen molar-refractivity contribution in [2.24, 2.45) is 0 Å². The molecule has 0 amide bonds. The summed E-state index contributed by atoms with van der Waals surface area (Å²) in [7, 11) is 1.65. The molecule has 0 unspecified atom stereocenters. The van der Waals surface area contributed by atoms with Gasteiger partial charge in [-0.05, 0) is 31.4 Å². The van der Waals surface area contributed by atoms with Crippen molar-refractivity contribution in [1.82, 2.24) is 14.9 Å². The molecule has 1 aliphatic heterocycles. The fourth-order valence-corrected chi connectivity index (χ4v) is 3.10. The molecule has 24 heavy (non-hydrogen) atoms. The van der Waals surface area contributed by atoms with Crippen molar-refractivity contribution in [1.29, 1.82) is 0 Å². The van der Waals surface area contributed by atoms with Crippen LogP contribution in [-0.2, 0) is 6.42 Å². The van der Waals surface area contributed by atoms with Crippen molar-refractivity contribution in [3.05, 3.63) is 47.9 Å². The van der Waals surface area contributed by atoms with Gasteiger partial charge in [0.1, 0.15) is 0 Å². The van der Waals surface area contributed by atoms with Crippen LogP contribution < -0.4 is 10.6 Å². The van der Waals surface area contributed by atoms with E-state index < -0.39 is 5.82 Å². The number of likely N-dealkylation sites (tertiary alicyclic amines) is 1. The van der Waals surface area contributed by atoms with Gasteiger partial charge in [-0.25, -0.2) is 9.37 Å².